The highest BCUT2D eigenvalue weighted by Gasteiger charge is 2.26. The number of carbonyl (C=O) groups excluding carboxylic acids is 1. The van der Waals surface area contributed by atoms with Crippen molar-refractivity contribution in [3.05, 3.63) is 50.6 Å². The van der Waals surface area contributed by atoms with Crippen molar-refractivity contribution < 1.29 is 9.53 Å². The lowest BCUT2D eigenvalue weighted by Crippen LogP contribution is -2.36. The van der Waals surface area contributed by atoms with Gasteiger partial charge in [-0.2, -0.15) is 0 Å². The highest BCUT2D eigenvalue weighted by Crippen LogP contribution is 2.31. The maximum absolute atomic E-state index is 12.4. The lowest BCUT2D eigenvalue weighted by atomic mass is 10.0. The summed E-state index contributed by atoms with van der Waals surface area (Å²) in [5.41, 5.74) is 1.13. The van der Waals surface area contributed by atoms with Crippen molar-refractivity contribution in [1.82, 2.24) is 10.2 Å². The Labute approximate surface area is 154 Å². The lowest BCUT2D eigenvalue weighted by molar-refractivity contribution is 0.0941. The SMILES string of the molecule is COc1ccccc1[C@@H](CNC(=O)c1ccc(Br)s1)N1CCCC1. The molecule has 1 aromatic carbocycles. The van der Waals surface area contributed by atoms with E-state index in [0.29, 0.717) is 6.54 Å². The van der Waals surface area contributed by atoms with Gasteiger partial charge < -0.3 is 10.1 Å². The van der Waals surface area contributed by atoms with Gasteiger partial charge in [0.05, 0.1) is 21.8 Å². The standard InChI is InChI=1S/C18H21BrN2O2S/c1-23-15-7-3-2-6-13(15)14(21-10-4-5-11-21)12-20-18(22)16-8-9-17(19)24-16/h2-3,6-9,14H,4-5,10-12H2,1H3,(H,20,22)/t14-/m1/s1. The van der Waals surface area contributed by atoms with E-state index in [2.05, 4.69) is 32.2 Å². The predicted molar refractivity (Wildman–Crippen MR) is 101 cm³/mol. The van der Waals surface area contributed by atoms with Gasteiger partial charge in [-0.15, -0.1) is 11.3 Å². The average molecular weight is 409 g/mol. The highest BCUT2D eigenvalue weighted by molar-refractivity contribution is 9.11. The minimum atomic E-state index is -0.0233. The van der Waals surface area contributed by atoms with Gasteiger partial charge in [0, 0.05) is 12.1 Å². The molecule has 0 spiro atoms. The number of nitrogens with one attached hydrogen (secondary N) is 1. The largest absolute Gasteiger partial charge is 0.496 e. The Morgan fingerprint density at radius 2 is 2.04 bits per heavy atom. The number of thiophene rings is 1. The Kier molecular flexibility index (Phi) is 5.92. The summed E-state index contributed by atoms with van der Waals surface area (Å²) >= 11 is 4.85. The molecule has 1 aromatic heterocycles. The molecule has 0 aliphatic carbocycles. The second-order valence-corrected chi connectivity index (χ2v) is 8.28. The zero-order chi connectivity index (χ0) is 16.9. The van der Waals surface area contributed by atoms with E-state index in [1.165, 1.54) is 24.2 Å². The van der Waals surface area contributed by atoms with Crippen molar-refractivity contribution in [2.75, 3.05) is 26.7 Å². The molecular weight excluding hydrogens is 388 g/mol. The Morgan fingerprint density at radius 1 is 1.29 bits per heavy atom. The van der Waals surface area contributed by atoms with Crippen LogP contribution in [0.2, 0.25) is 0 Å². The van der Waals surface area contributed by atoms with Crippen molar-refractivity contribution in [3.63, 3.8) is 0 Å². The summed E-state index contributed by atoms with van der Waals surface area (Å²) in [6.07, 6.45) is 2.41. The Balaban J connectivity index is 1.76. The molecule has 1 aliphatic rings. The molecule has 0 bridgehead atoms. The molecule has 0 unspecified atom stereocenters. The van der Waals surface area contributed by atoms with E-state index in [0.717, 1.165) is 33.1 Å². The van der Waals surface area contributed by atoms with Crippen LogP contribution in [0.5, 0.6) is 5.75 Å². The summed E-state index contributed by atoms with van der Waals surface area (Å²) in [4.78, 5) is 15.5. The third-order valence-corrected chi connectivity index (χ3v) is 5.95. The maximum Gasteiger partial charge on any atom is 0.261 e. The lowest BCUT2D eigenvalue weighted by Gasteiger charge is -2.29. The fraction of sp³-hybridized carbons (Fsp3) is 0.389. The number of para-hydroxylation sites is 1. The van der Waals surface area contributed by atoms with E-state index in [1.54, 1.807) is 7.11 Å². The van der Waals surface area contributed by atoms with Crippen LogP contribution in [0.1, 0.15) is 34.1 Å². The van der Waals surface area contributed by atoms with Crippen molar-refractivity contribution in [2.45, 2.75) is 18.9 Å². The predicted octanol–water partition coefficient (Wildman–Crippen LogP) is 4.09. The smallest absolute Gasteiger partial charge is 0.261 e. The third-order valence-electron chi connectivity index (χ3n) is 4.33. The number of methoxy groups -OCH3 is 1. The van der Waals surface area contributed by atoms with Crippen LogP contribution in [0.3, 0.4) is 0 Å². The number of nitrogens with zero attached hydrogens (tertiary/aromatic N) is 1. The fourth-order valence-corrected chi connectivity index (χ4v) is 4.45. The number of hydrogen-bond acceptors (Lipinski definition) is 4. The molecule has 2 heterocycles. The number of hydrogen-bond donors (Lipinski definition) is 1. The zero-order valence-electron chi connectivity index (χ0n) is 13.6. The molecule has 0 saturated carbocycles. The van der Waals surface area contributed by atoms with Crippen LogP contribution in [0.15, 0.2) is 40.2 Å². The van der Waals surface area contributed by atoms with Crippen LogP contribution in [-0.2, 0) is 0 Å². The van der Waals surface area contributed by atoms with E-state index in [-0.39, 0.29) is 11.9 Å². The molecular formula is C18H21BrN2O2S. The Bertz CT molecular complexity index is 698. The molecule has 24 heavy (non-hydrogen) atoms. The first-order valence-corrected chi connectivity index (χ1v) is 9.70. The molecule has 1 amide bonds. The Morgan fingerprint density at radius 3 is 2.71 bits per heavy atom. The van der Waals surface area contributed by atoms with Crippen LogP contribution in [0.4, 0.5) is 0 Å². The topological polar surface area (TPSA) is 41.6 Å². The zero-order valence-corrected chi connectivity index (χ0v) is 16.0. The molecule has 1 saturated heterocycles. The van der Waals surface area contributed by atoms with E-state index in [4.69, 9.17) is 4.74 Å². The van der Waals surface area contributed by atoms with E-state index < -0.39 is 0 Å². The number of carbonyl (C=O) groups is 1. The average Bonchev–Trinajstić information content (AvgIpc) is 3.27. The summed E-state index contributed by atoms with van der Waals surface area (Å²) in [7, 11) is 1.70. The van der Waals surface area contributed by atoms with Gasteiger partial charge in [-0.25, -0.2) is 0 Å². The molecule has 1 aliphatic heterocycles. The Hall–Kier alpha value is -1.37. The summed E-state index contributed by atoms with van der Waals surface area (Å²) in [6, 6.07) is 12.0. The van der Waals surface area contributed by atoms with Crippen molar-refractivity contribution in [2.24, 2.45) is 0 Å². The van der Waals surface area contributed by atoms with Crippen LogP contribution in [-0.4, -0.2) is 37.6 Å². The number of amides is 1. The highest BCUT2D eigenvalue weighted by atomic mass is 79.9. The van der Waals surface area contributed by atoms with E-state index in [9.17, 15) is 4.79 Å². The summed E-state index contributed by atoms with van der Waals surface area (Å²) in [6.45, 7) is 2.70. The minimum Gasteiger partial charge on any atom is -0.496 e. The number of benzene rings is 1. The van der Waals surface area contributed by atoms with Crippen LogP contribution in [0, 0.1) is 0 Å². The van der Waals surface area contributed by atoms with Crippen molar-refractivity contribution in [3.8, 4) is 5.75 Å². The third kappa shape index (κ3) is 3.99. The van der Waals surface area contributed by atoms with Gasteiger partial charge in [0.2, 0.25) is 0 Å². The fourth-order valence-electron chi connectivity index (χ4n) is 3.14. The second kappa shape index (κ2) is 8.14. The van der Waals surface area contributed by atoms with Gasteiger partial charge in [-0.05, 0) is 60.1 Å². The van der Waals surface area contributed by atoms with Gasteiger partial charge in [0.1, 0.15) is 5.75 Å². The van der Waals surface area contributed by atoms with Crippen LogP contribution < -0.4 is 10.1 Å². The molecule has 4 nitrogen and oxygen atoms in total. The molecule has 2 aromatic rings. The number of halogens is 1. The molecule has 3 rings (SSSR count). The monoisotopic (exact) mass is 408 g/mol. The van der Waals surface area contributed by atoms with Gasteiger partial charge in [0.15, 0.2) is 0 Å². The van der Waals surface area contributed by atoms with Gasteiger partial charge in [-0.3, -0.25) is 9.69 Å². The molecule has 1 N–H and O–H groups in total. The number of likely N-dealkylation sites (tertiary alicyclic amines) is 1. The summed E-state index contributed by atoms with van der Waals surface area (Å²) in [5, 5.41) is 3.09. The van der Waals surface area contributed by atoms with Gasteiger partial charge in [-0.1, -0.05) is 18.2 Å². The quantitative estimate of drug-likeness (QED) is 0.782. The first-order chi connectivity index (χ1) is 11.7. The number of rotatable bonds is 6. The maximum atomic E-state index is 12.4. The van der Waals surface area contributed by atoms with Crippen LogP contribution in [0.25, 0.3) is 0 Å². The van der Waals surface area contributed by atoms with E-state index in [1.807, 2.05) is 30.3 Å². The van der Waals surface area contributed by atoms with Crippen molar-refractivity contribution in [1.29, 1.82) is 0 Å². The summed E-state index contributed by atoms with van der Waals surface area (Å²) in [5.74, 6) is 0.854. The summed E-state index contributed by atoms with van der Waals surface area (Å²) < 4.78 is 6.50. The van der Waals surface area contributed by atoms with Gasteiger partial charge >= 0.3 is 0 Å². The molecule has 1 fully saturated rings. The molecule has 0 radical (unpaired) electrons. The van der Waals surface area contributed by atoms with Crippen molar-refractivity contribution >= 4 is 33.2 Å². The van der Waals surface area contributed by atoms with Gasteiger partial charge in [0.25, 0.3) is 5.91 Å². The molecule has 1 atom stereocenters. The first kappa shape index (κ1) is 17.5. The minimum absolute atomic E-state index is 0.0233. The van der Waals surface area contributed by atoms with E-state index >= 15 is 0 Å². The van der Waals surface area contributed by atoms with Crippen LogP contribution >= 0.6 is 27.3 Å². The molecule has 6 heteroatoms. The first-order valence-electron chi connectivity index (χ1n) is 8.09. The second-order valence-electron chi connectivity index (χ2n) is 5.81. The molecule has 128 valence electrons. The normalized spacial score (nSPS) is 16.1. The number of ether oxygens (including phenoxy) is 1.